The highest BCUT2D eigenvalue weighted by molar-refractivity contribution is 6.31. The van der Waals surface area contributed by atoms with Crippen LogP contribution in [0.3, 0.4) is 0 Å². The number of ether oxygens (including phenoxy) is 1. The van der Waals surface area contributed by atoms with Gasteiger partial charge >= 0.3 is 0 Å². The van der Waals surface area contributed by atoms with Crippen molar-refractivity contribution in [3.63, 3.8) is 0 Å². The number of para-hydroxylation sites is 2. The van der Waals surface area contributed by atoms with Crippen molar-refractivity contribution in [2.75, 3.05) is 11.9 Å². The first-order valence-electron chi connectivity index (χ1n) is 8.64. The molecule has 6 heteroatoms. The second-order valence-corrected chi connectivity index (χ2v) is 6.58. The number of carbonyl (C=O) groups excluding carboxylic acids is 2. The van der Waals surface area contributed by atoms with Gasteiger partial charge in [0.1, 0.15) is 5.75 Å². The molecule has 2 atom stereocenters. The van der Waals surface area contributed by atoms with E-state index in [0.29, 0.717) is 36.0 Å². The molecule has 0 aromatic heterocycles. The molecule has 5 nitrogen and oxygen atoms in total. The summed E-state index contributed by atoms with van der Waals surface area (Å²) in [5.74, 6) is -0.255. The number of halogens is 1. The fourth-order valence-corrected chi connectivity index (χ4v) is 3.01. The van der Waals surface area contributed by atoms with E-state index in [1.165, 1.54) is 0 Å². The Morgan fingerprint density at radius 3 is 2.54 bits per heavy atom. The highest BCUT2D eigenvalue weighted by Gasteiger charge is 2.48. The minimum Gasteiger partial charge on any atom is -0.492 e. The van der Waals surface area contributed by atoms with E-state index in [1.54, 1.807) is 18.2 Å². The van der Waals surface area contributed by atoms with Gasteiger partial charge in [-0.2, -0.15) is 0 Å². The molecule has 136 valence electrons. The minimum atomic E-state index is -0.309. The molecule has 1 aliphatic rings. The summed E-state index contributed by atoms with van der Waals surface area (Å²) < 4.78 is 5.50. The second kappa shape index (κ2) is 8.23. The Kier molecular flexibility index (Phi) is 5.78. The van der Waals surface area contributed by atoms with Crippen molar-refractivity contribution in [2.45, 2.75) is 19.9 Å². The van der Waals surface area contributed by atoms with E-state index in [1.807, 2.05) is 37.3 Å². The Labute approximate surface area is 157 Å². The second-order valence-electron chi connectivity index (χ2n) is 6.18. The van der Waals surface area contributed by atoms with Gasteiger partial charge in [0.25, 0.3) is 0 Å². The van der Waals surface area contributed by atoms with Crippen LogP contribution in [0, 0.1) is 11.8 Å². The Hall–Kier alpha value is -2.53. The van der Waals surface area contributed by atoms with E-state index in [-0.39, 0.29) is 23.7 Å². The molecule has 0 heterocycles. The van der Waals surface area contributed by atoms with Crippen molar-refractivity contribution >= 4 is 29.1 Å². The molecule has 2 aromatic carbocycles. The van der Waals surface area contributed by atoms with Crippen LogP contribution in [-0.2, 0) is 16.1 Å². The molecule has 0 saturated heterocycles. The summed E-state index contributed by atoms with van der Waals surface area (Å²) in [6.45, 7) is 2.76. The SMILES string of the molecule is CCOc1ccccc1NC(=O)C1CC1C(=O)NCc1ccccc1Cl. The highest BCUT2D eigenvalue weighted by Crippen LogP contribution is 2.40. The van der Waals surface area contributed by atoms with Crippen molar-refractivity contribution in [3.8, 4) is 5.75 Å². The lowest BCUT2D eigenvalue weighted by atomic mass is 10.2. The standard InChI is InChI=1S/C20H21ClN2O3/c1-2-26-18-10-6-5-9-17(18)23-20(25)15-11-14(15)19(24)22-12-13-7-3-4-8-16(13)21/h3-10,14-15H,2,11-12H2,1H3,(H,22,24)(H,23,25). The molecular formula is C20H21ClN2O3. The lowest BCUT2D eigenvalue weighted by Crippen LogP contribution is -2.27. The fourth-order valence-electron chi connectivity index (χ4n) is 2.81. The molecule has 0 bridgehead atoms. The van der Waals surface area contributed by atoms with Crippen LogP contribution >= 0.6 is 11.6 Å². The van der Waals surface area contributed by atoms with Gasteiger partial charge in [-0.15, -0.1) is 0 Å². The molecule has 1 saturated carbocycles. The van der Waals surface area contributed by atoms with Crippen LogP contribution in [0.15, 0.2) is 48.5 Å². The summed E-state index contributed by atoms with van der Waals surface area (Å²) in [6, 6.07) is 14.6. The van der Waals surface area contributed by atoms with E-state index in [4.69, 9.17) is 16.3 Å². The zero-order valence-corrected chi connectivity index (χ0v) is 15.3. The van der Waals surface area contributed by atoms with E-state index < -0.39 is 0 Å². The number of hydrogen-bond acceptors (Lipinski definition) is 3. The zero-order valence-electron chi connectivity index (χ0n) is 14.5. The van der Waals surface area contributed by atoms with Crippen molar-refractivity contribution in [1.82, 2.24) is 5.32 Å². The predicted molar refractivity (Wildman–Crippen MR) is 101 cm³/mol. The quantitative estimate of drug-likeness (QED) is 0.779. The third-order valence-corrected chi connectivity index (χ3v) is 4.69. The molecule has 2 amide bonds. The van der Waals surface area contributed by atoms with Gasteiger partial charge in [0, 0.05) is 11.6 Å². The maximum Gasteiger partial charge on any atom is 0.228 e. The van der Waals surface area contributed by atoms with E-state index in [2.05, 4.69) is 10.6 Å². The largest absolute Gasteiger partial charge is 0.492 e. The first-order chi connectivity index (χ1) is 12.6. The smallest absolute Gasteiger partial charge is 0.228 e. The van der Waals surface area contributed by atoms with Crippen molar-refractivity contribution in [1.29, 1.82) is 0 Å². The lowest BCUT2D eigenvalue weighted by Gasteiger charge is -2.11. The van der Waals surface area contributed by atoms with Crippen LogP contribution in [0.2, 0.25) is 5.02 Å². The maximum atomic E-state index is 12.4. The van der Waals surface area contributed by atoms with Crippen molar-refractivity contribution in [2.24, 2.45) is 11.8 Å². The first kappa shape index (κ1) is 18.3. The third-order valence-electron chi connectivity index (χ3n) is 4.32. The molecule has 1 aliphatic carbocycles. The number of hydrogen-bond donors (Lipinski definition) is 2. The first-order valence-corrected chi connectivity index (χ1v) is 9.01. The summed E-state index contributed by atoms with van der Waals surface area (Å²) in [4.78, 5) is 24.7. The van der Waals surface area contributed by atoms with Gasteiger partial charge in [-0.05, 0) is 37.1 Å². The summed E-state index contributed by atoms with van der Waals surface area (Å²) in [7, 11) is 0. The predicted octanol–water partition coefficient (Wildman–Crippen LogP) is 3.63. The highest BCUT2D eigenvalue weighted by atomic mass is 35.5. The fraction of sp³-hybridized carbons (Fsp3) is 0.300. The summed E-state index contributed by atoms with van der Waals surface area (Å²) in [6.07, 6.45) is 0.553. The monoisotopic (exact) mass is 372 g/mol. The Morgan fingerprint density at radius 1 is 1.08 bits per heavy atom. The van der Waals surface area contributed by atoms with Gasteiger partial charge in [0.15, 0.2) is 0 Å². The van der Waals surface area contributed by atoms with Crippen LogP contribution in [0.25, 0.3) is 0 Å². The Bertz CT molecular complexity index is 809. The number of benzene rings is 2. The molecular weight excluding hydrogens is 352 g/mol. The molecule has 2 unspecified atom stereocenters. The van der Waals surface area contributed by atoms with Gasteiger partial charge in [0.2, 0.25) is 11.8 Å². The molecule has 0 radical (unpaired) electrons. The normalized spacial score (nSPS) is 18.1. The molecule has 1 fully saturated rings. The van der Waals surface area contributed by atoms with E-state index in [0.717, 1.165) is 5.56 Å². The molecule has 0 spiro atoms. The molecule has 2 aromatic rings. The van der Waals surface area contributed by atoms with Crippen LogP contribution < -0.4 is 15.4 Å². The van der Waals surface area contributed by atoms with Gasteiger partial charge < -0.3 is 15.4 Å². The van der Waals surface area contributed by atoms with Gasteiger partial charge in [-0.3, -0.25) is 9.59 Å². The maximum absolute atomic E-state index is 12.4. The van der Waals surface area contributed by atoms with Crippen LogP contribution in [0.5, 0.6) is 5.75 Å². The number of anilines is 1. The van der Waals surface area contributed by atoms with E-state index >= 15 is 0 Å². The number of nitrogens with one attached hydrogen (secondary N) is 2. The zero-order chi connectivity index (χ0) is 18.5. The lowest BCUT2D eigenvalue weighted by molar-refractivity contribution is -0.125. The summed E-state index contributed by atoms with van der Waals surface area (Å²) in [5.41, 5.74) is 1.48. The number of rotatable bonds is 7. The topological polar surface area (TPSA) is 67.4 Å². The number of amides is 2. The molecule has 2 N–H and O–H groups in total. The molecule has 0 aliphatic heterocycles. The van der Waals surface area contributed by atoms with Crippen LogP contribution in [0.4, 0.5) is 5.69 Å². The van der Waals surface area contributed by atoms with Crippen molar-refractivity contribution < 1.29 is 14.3 Å². The Balaban J connectivity index is 1.52. The van der Waals surface area contributed by atoms with Gasteiger partial charge in [-0.1, -0.05) is 41.9 Å². The third kappa shape index (κ3) is 4.35. The average molecular weight is 373 g/mol. The van der Waals surface area contributed by atoms with Gasteiger partial charge in [-0.25, -0.2) is 0 Å². The van der Waals surface area contributed by atoms with Gasteiger partial charge in [0.05, 0.1) is 24.1 Å². The summed E-state index contributed by atoms with van der Waals surface area (Å²) >= 11 is 6.09. The Morgan fingerprint density at radius 2 is 1.77 bits per heavy atom. The minimum absolute atomic E-state index is 0.122. The van der Waals surface area contributed by atoms with Crippen LogP contribution in [-0.4, -0.2) is 18.4 Å². The molecule has 26 heavy (non-hydrogen) atoms. The summed E-state index contributed by atoms with van der Waals surface area (Å²) in [5, 5.41) is 6.33. The van der Waals surface area contributed by atoms with E-state index in [9.17, 15) is 9.59 Å². The average Bonchev–Trinajstić information content (AvgIpc) is 3.44. The van der Waals surface area contributed by atoms with Crippen molar-refractivity contribution in [3.05, 3.63) is 59.1 Å². The number of carbonyl (C=O) groups is 2. The molecule has 3 rings (SSSR count). The van der Waals surface area contributed by atoms with Crippen LogP contribution in [0.1, 0.15) is 18.9 Å².